The molecule has 2 unspecified atom stereocenters. The minimum atomic E-state index is -0.0431. The third-order valence-corrected chi connectivity index (χ3v) is 5.22. The van der Waals surface area contributed by atoms with Crippen molar-refractivity contribution in [1.29, 1.82) is 0 Å². The molecule has 8 heteroatoms. The predicted octanol–water partition coefficient (Wildman–Crippen LogP) is 4.13. The summed E-state index contributed by atoms with van der Waals surface area (Å²) in [6.45, 7) is 3.23. The maximum Gasteiger partial charge on any atom is 0.225 e. The molecule has 2 atom stereocenters. The summed E-state index contributed by atoms with van der Waals surface area (Å²) in [6.07, 6.45) is 0.418. The number of fused-ring (bicyclic) bond motifs is 1. The van der Waals surface area contributed by atoms with Crippen LogP contribution in [0.1, 0.15) is 24.8 Å². The maximum absolute atomic E-state index is 12.0. The zero-order valence-corrected chi connectivity index (χ0v) is 20.4. The van der Waals surface area contributed by atoms with Crippen molar-refractivity contribution in [1.82, 2.24) is 10.6 Å². The van der Waals surface area contributed by atoms with Crippen LogP contribution in [-0.4, -0.2) is 38.1 Å². The molecule has 0 radical (unpaired) electrons. The third kappa shape index (κ3) is 6.60. The number of aliphatic imine (C=N–C) groups is 1. The summed E-state index contributed by atoms with van der Waals surface area (Å²) in [5, 5.41) is 9.53. The molecule has 2 aromatic rings. The second-order valence-electron chi connectivity index (χ2n) is 6.73. The highest BCUT2D eigenvalue weighted by Gasteiger charge is 2.24. The Balaban J connectivity index is 0.00000300. The number of nitrogens with zero attached hydrogens (tertiary/aromatic N) is 1. The lowest BCUT2D eigenvalue weighted by Gasteiger charge is -2.26. The van der Waals surface area contributed by atoms with Gasteiger partial charge in [-0.15, -0.1) is 24.0 Å². The van der Waals surface area contributed by atoms with E-state index in [-0.39, 0.29) is 41.9 Å². The van der Waals surface area contributed by atoms with E-state index in [9.17, 15) is 4.79 Å². The molecule has 2 aromatic carbocycles. The van der Waals surface area contributed by atoms with E-state index >= 15 is 0 Å². The van der Waals surface area contributed by atoms with E-state index in [1.807, 2.05) is 49.4 Å². The molecule has 3 rings (SSSR count). The normalized spacial score (nSPS) is 16.7. The first kappa shape index (κ1) is 23.5. The van der Waals surface area contributed by atoms with E-state index in [2.05, 4.69) is 42.9 Å². The highest BCUT2D eigenvalue weighted by Crippen LogP contribution is 2.31. The van der Waals surface area contributed by atoms with E-state index in [1.165, 1.54) is 0 Å². The van der Waals surface area contributed by atoms with Crippen LogP contribution in [-0.2, 0) is 4.79 Å². The Bertz CT molecular complexity index is 862. The van der Waals surface area contributed by atoms with Crippen molar-refractivity contribution in [2.75, 3.05) is 25.5 Å². The van der Waals surface area contributed by atoms with Gasteiger partial charge in [0.25, 0.3) is 0 Å². The van der Waals surface area contributed by atoms with Crippen molar-refractivity contribution < 1.29 is 9.53 Å². The maximum atomic E-state index is 12.0. The Morgan fingerprint density at radius 2 is 1.97 bits per heavy atom. The van der Waals surface area contributed by atoms with Gasteiger partial charge in [0, 0.05) is 31.6 Å². The van der Waals surface area contributed by atoms with Gasteiger partial charge in [-0.25, -0.2) is 0 Å². The van der Waals surface area contributed by atoms with Crippen LogP contribution in [0.3, 0.4) is 0 Å². The summed E-state index contributed by atoms with van der Waals surface area (Å²) in [5.41, 5.74) is 2.04. The molecule has 0 aliphatic carbocycles. The van der Waals surface area contributed by atoms with Crippen molar-refractivity contribution in [2.24, 2.45) is 4.99 Å². The fourth-order valence-electron chi connectivity index (χ4n) is 3.16. The van der Waals surface area contributed by atoms with Crippen LogP contribution in [0.4, 0.5) is 5.69 Å². The van der Waals surface area contributed by atoms with Crippen LogP contribution in [0.5, 0.6) is 5.75 Å². The van der Waals surface area contributed by atoms with Crippen LogP contribution in [0.25, 0.3) is 0 Å². The molecule has 6 nitrogen and oxygen atoms in total. The van der Waals surface area contributed by atoms with Crippen molar-refractivity contribution in [3.05, 3.63) is 58.6 Å². The third-order valence-electron chi connectivity index (χ3n) is 4.57. The van der Waals surface area contributed by atoms with E-state index in [1.54, 1.807) is 7.05 Å². The van der Waals surface area contributed by atoms with Crippen molar-refractivity contribution in [2.45, 2.75) is 25.4 Å². The molecule has 0 bridgehead atoms. The number of amides is 1. The lowest BCUT2D eigenvalue weighted by Crippen LogP contribution is -2.43. The number of hydrogen-bond donors (Lipinski definition) is 3. The van der Waals surface area contributed by atoms with Gasteiger partial charge >= 0.3 is 0 Å². The van der Waals surface area contributed by atoms with Gasteiger partial charge < -0.3 is 20.7 Å². The minimum absolute atomic E-state index is 0. The molecule has 1 aliphatic heterocycles. The number of para-hydroxylation sites is 2. The number of ether oxygens (including phenoxy) is 1. The molecule has 0 saturated heterocycles. The number of anilines is 1. The van der Waals surface area contributed by atoms with E-state index in [0.29, 0.717) is 25.5 Å². The Labute approximate surface area is 197 Å². The molecule has 1 amide bonds. The smallest absolute Gasteiger partial charge is 0.225 e. The van der Waals surface area contributed by atoms with Gasteiger partial charge in [-0.1, -0.05) is 30.3 Å². The molecule has 0 aromatic heterocycles. The average molecular weight is 573 g/mol. The molecular formula is C21H26BrIN4O2. The molecule has 29 heavy (non-hydrogen) atoms. The number of hydrogen-bond acceptors (Lipinski definition) is 3. The average Bonchev–Trinajstić information content (AvgIpc) is 2.69. The quantitative estimate of drug-likeness (QED) is 0.276. The Morgan fingerprint density at radius 1 is 1.24 bits per heavy atom. The van der Waals surface area contributed by atoms with Crippen LogP contribution in [0.15, 0.2) is 58.0 Å². The van der Waals surface area contributed by atoms with Crippen LogP contribution < -0.4 is 20.7 Å². The monoisotopic (exact) mass is 572 g/mol. The molecule has 156 valence electrons. The van der Waals surface area contributed by atoms with Crippen LogP contribution in [0.2, 0.25) is 0 Å². The Hall–Kier alpha value is -1.81. The SMILES string of the molecule is CN=C(NCC(C)Oc1ccccc1Br)NCC1CC(=O)Nc2ccccc21.I. The van der Waals surface area contributed by atoms with Crippen molar-refractivity contribution in [3.63, 3.8) is 0 Å². The van der Waals surface area contributed by atoms with E-state index in [0.717, 1.165) is 21.5 Å². The lowest BCUT2D eigenvalue weighted by molar-refractivity contribution is -0.116. The molecule has 0 spiro atoms. The van der Waals surface area contributed by atoms with E-state index < -0.39 is 0 Å². The predicted molar refractivity (Wildman–Crippen MR) is 131 cm³/mol. The Kier molecular flexibility index (Phi) is 9.22. The topological polar surface area (TPSA) is 74.8 Å². The second-order valence-corrected chi connectivity index (χ2v) is 7.58. The standard InChI is InChI=1S/C21H25BrN4O2.HI/c1-14(28-19-10-6-4-8-17(19)22)12-24-21(23-2)25-13-15-11-20(27)26-18-9-5-3-7-16(15)18;/h3-10,14-15H,11-13H2,1-2H3,(H,26,27)(H2,23,24,25);1H. The Morgan fingerprint density at radius 3 is 2.72 bits per heavy atom. The first-order valence-electron chi connectivity index (χ1n) is 9.31. The number of guanidine groups is 1. The summed E-state index contributed by atoms with van der Waals surface area (Å²) in [7, 11) is 1.73. The number of halogens is 2. The second kappa shape index (κ2) is 11.4. The lowest BCUT2D eigenvalue weighted by atomic mass is 9.90. The minimum Gasteiger partial charge on any atom is -0.488 e. The van der Waals surface area contributed by atoms with Crippen LogP contribution in [0, 0.1) is 0 Å². The number of rotatable bonds is 6. The highest BCUT2D eigenvalue weighted by molar-refractivity contribution is 14.0. The van der Waals surface area contributed by atoms with Gasteiger partial charge in [-0.2, -0.15) is 0 Å². The number of benzene rings is 2. The molecule has 1 aliphatic rings. The summed E-state index contributed by atoms with van der Waals surface area (Å²) in [5.74, 6) is 1.65. The summed E-state index contributed by atoms with van der Waals surface area (Å²) >= 11 is 3.49. The molecule has 3 N–H and O–H groups in total. The van der Waals surface area contributed by atoms with Crippen molar-refractivity contribution >= 4 is 57.5 Å². The summed E-state index contributed by atoms with van der Waals surface area (Å²) in [4.78, 5) is 16.2. The van der Waals surface area contributed by atoms with Gasteiger partial charge in [-0.3, -0.25) is 9.79 Å². The van der Waals surface area contributed by atoms with Gasteiger partial charge in [0.05, 0.1) is 11.0 Å². The fraction of sp³-hybridized carbons (Fsp3) is 0.333. The zero-order valence-electron chi connectivity index (χ0n) is 16.4. The largest absolute Gasteiger partial charge is 0.488 e. The van der Waals surface area contributed by atoms with Gasteiger partial charge in [0.2, 0.25) is 5.91 Å². The van der Waals surface area contributed by atoms with Gasteiger partial charge in [0.15, 0.2) is 5.96 Å². The molecular weight excluding hydrogens is 547 g/mol. The highest BCUT2D eigenvalue weighted by atomic mass is 127. The number of nitrogens with one attached hydrogen (secondary N) is 3. The molecule has 0 fully saturated rings. The van der Waals surface area contributed by atoms with Crippen LogP contribution >= 0.6 is 39.9 Å². The number of carbonyl (C=O) groups is 1. The first-order valence-corrected chi connectivity index (χ1v) is 10.1. The molecule has 1 heterocycles. The summed E-state index contributed by atoms with van der Waals surface area (Å²) < 4.78 is 6.88. The molecule has 0 saturated carbocycles. The van der Waals surface area contributed by atoms with Gasteiger partial charge in [-0.05, 0) is 46.6 Å². The zero-order chi connectivity index (χ0) is 19.9. The summed E-state index contributed by atoms with van der Waals surface area (Å²) in [6, 6.07) is 15.7. The van der Waals surface area contributed by atoms with Crippen molar-refractivity contribution in [3.8, 4) is 5.75 Å². The van der Waals surface area contributed by atoms with E-state index in [4.69, 9.17) is 4.74 Å². The first-order chi connectivity index (χ1) is 13.6. The van der Waals surface area contributed by atoms with Gasteiger partial charge in [0.1, 0.15) is 11.9 Å². The fourth-order valence-corrected chi connectivity index (χ4v) is 3.54. The number of carbonyl (C=O) groups excluding carboxylic acids is 1.